The zero-order chi connectivity index (χ0) is 18.4. The average Bonchev–Trinajstić information content (AvgIpc) is 2.58. The first-order chi connectivity index (χ1) is 11.9. The van der Waals surface area contributed by atoms with E-state index in [0.29, 0.717) is 11.7 Å². The molecule has 1 aromatic carbocycles. The van der Waals surface area contributed by atoms with E-state index in [4.69, 9.17) is 9.47 Å². The van der Waals surface area contributed by atoms with Crippen molar-refractivity contribution in [3.63, 3.8) is 0 Å². The number of hydrogen-bond acceptors (Lipinski definition) is 4. The predicted octanol–water partition coefficient (Wildman–Crippen LogP) is 3.31. The van der Waals surface area contributed by atoms with Gasteiger partial charge in [-0.15, -0.1) is 0 Å². The molecule has 5 nitrogen and oxygen atoms in total. The minimum atomic E-state index is -0.815. The number of benzene rings is 1. The highest BCUT2D eigenvalue weighted by Gasteiger charge is 2.26. The number of amides is 1. The van der Waals surface area contributed by atoms with Crippen LogP contribution in [0.25, 0.3) is 0 Å². The van der Waals surface area contributed by atoms with Gasteiger partial charge in [-0.3, -0.25) is 4.79 Å². The maximum Gasteiger partial charge on any atom is 0.344 e. The molecule has 138 valence electrons. The molecule has 1 N–H and O–H groups in total. The van der Waals surface area contributed by atoms with E-state index in [-0.39, 0.29) is 18.6 Å². The molecule has 1 aliphatic rings. The third kappa shape index (κ3) is 5.76. The normalized spacial score (nSPS) is 21.3. The molecule has 1 aliphatic carbocycles. The number of hydrogen-bond donors (Lipinski definition) is 1. The Kier molecular flexibility index (Phi) is 6.85. The summed E-state index contributed by atoms with van der Waals surface area (Å²) in [6.45, 7) is 7.54. The maximum atomic E-state index is 12.2. The minimum absolute atomic E-state index is 0.175. The van der Waals surface area contributed by atoms with E-state index >= 15 is 0 Å². The Balaban J connectivity index is 1.76. The second kappa shape index (κ2) is 8.88. The number of carbonyl (C=O) groups excluding carboxylic acids is 2. The van der Waals surface area contributed by atoms with E-state index in [1.165, 1.54) is 6.42 Å². The van der Waals surface area contributed by atoms with Crippen molar-refractivity contribution in [3.05, 3.63) is 29.3 Å². The standard InChI is InChI=1S/C20H29NO4/c1-13-9-10-17(11-15(13)3)24-12-19(22)25-16(4)20(23)21-18-8-6-5-7-14(18)2/h9-11,14,16,18H,5-8,12H2,1-4H3,(H,21,23)/t14-,16-,18-/m1/s1. The summed E-state index contributed by atoms with van der Waals surface area (Å²) in [5.41, 5.74) is 2.26. The number of aryl methyl sites for hydroxylation is 2. The second-order valence-electron chi connectivity index (χ2n) is 7.04. The highest BCUT2D eigenvalue weighted by atomic mass is 16.6. The van der Waals surface area contributed by atoms with Crippen molar-refractivity contribution < 1.29 is 19.1 Å². The minimum Gasteiger partial charge on any atom is -0.482 e. The third-order valence-electron chi connectivity index (χ3n) is 4.95. The maximum absolute atomic E-state index is 12.2. The van der Waals surface area contributed by atoms with Crippen molar-refractivity contribution in [1.29, 1.82) is 0 Å². The molecular weight excluding hydrogens is 318 g/mol. The number of nitrogens with one attached hydrogen (secondary N) is 1. The molecule has 0 saturated heterocycles. The van der Waals surface area contributed by atoms with E-state index in [0.717, 1.165) is 30.4 Å². The number of carbonyl (C=O) groups is 2. The van der Waals surface area contributed by atoms with Gasteiger partial charge in [0, 0.05) is 6.04 Å². The molecule has 5 heteroatoms. The SMILES string of the molecule is Cc1ccc(OCC(=O)O[C@H](C)C(=O)N[C@@H]2CCCC[C@H]2C)cc1C. The van der Waals surface area contributed by atoms with Crippen LogP contribution in [0.5, 0.6) is 5.75 Å². The average molecular weight is 347 g/mol. The molecule has 0 bridgehead atoms. The van der Waals surface area contributed by atoms with Gasteiger partial charge in [0.15, 0.2) is 12.7 Å². The summed E-state index contributed by atoms with van der Waals surface area (Å²) >= 11 is 0. The fourth-order valence-electron chi connectivity index (χ4n) is 3.06. The molecule has 0 unspecified atom stereocenters. The second-order valence-corrected chi connectivity index (χ2v) is 7.04. The topological polar surface area (TPSA) is 64.6 Å². The van der Waals surface area contributed by atoms with E-state index in [1.807, 2.05) is 32.0 Å². The highest BCUT2D eigenvalue weighted by molar-refractivity contribution is 5.83. The molecule has 1 saturated carbocycles. The van der Waals surface area contributed by atoms with Crippen LogP contribution in [0.3, 0.4) is 0 Å². The summed E-state index contributed by atoms with van der Waals surface area (Å²) < 4.78 is 10.6. The van der Waals surface area contributed by atoms with Crippen molar-refractivity contribution in [2.45, 2.75) is 65.5 Å². The number of ether oxygens (including phenoxy) is 2. The molecule has 2 rings (SSSR count). The summed E-state index contributed by atoms with van der Waals surface area (Å²) in [6.07, 6.45) is 3.65. The Labute approximate surface area is 150 Å². The van der Waals surface area contributed by atoms with Crippen LogP contribution in [-0.4, -0.2) is 30.6 Å². The lowest BCUT2D eigenvalue weighted by Gasteiger charge is -2.30. The smallest absolute Gasteiger partial charge is 0.344 e. The summed E-state index contributed by atoms with van der Waals surface area (Å²) in [6, 6.07) is 5.81. The number of esters is 1. The van der Waals surface area contributed by atoms with Gasteiger partial charge in [0.1, 0.15) is 5.75 Å². The van der Waals surface area contributed by atoms with Crippen molar-refractivity contribution in [1.82, 2.24) is 5.32 Å². The largest absolute Gasteiger partial charge is 0.482 e. The van der Waals surface area contributed by atoms with Crippen LogP contribution in [-0.2, 0) is 14.3 Å². The fraction of sp³-hybridized carbons (Fsp3) is 0.600. The molecule has 0 radical (unpaired) electrons. The first-order valence-electron chi connectivity index (χ1n) is 9.06. The van der Waals surface area contributed by atoms with E-state index in [9.17, 15) is 9.59 Å². The van der Waals surface area contributed by atoms with Gasteiger partial charge in [-0.1, -0.05) is 25.8 Å². The molecule has 1 amide bonds. The molecule has 3 atom stereocenters. The van der Waals surface area contributed by atoms with Gasteiger partial charge in [-0.2, -0.15) is 0 Å². The molecule has 1 aromatic rings. The van der Waals surface area contributed by atoms with Crippen LogP contribution in [0.1, 0.15) is 50.7 Å². The van der Waals surface area contributed by atoms with E-state index in [2.05, 4.69) is 12.2 Å². The fourth-order valence-corrected chi connectivity index (χ4v) is 3.06. The Bertz CT molecular complexity index is 614. The summed E-state index contributed by atoms with van der Waals surface area (Å²) in [7, 11) is 0. The van der Waals surface area contributed by atoms with Gasteiger partial charge >= 0.3 is 5.97 Å². The van der Waals surface area contributed by atoms with E-state index < -0.39 is 12.1 Å². The monoisotopic (exact) mass is 347 g/mol. The zero-order valence-electron chi connectivity index (χ0n) is 15.6. The van der Waals surface area contributed by atoms with Gasteiger partial charge in [-0.25, -0.2) is 4.79 Å². The molecule has 0 spiro atoms. The van der Waals surface area contributed by atoms with Crippen molar-refractivity contribution in [3.8, 4) is 5.75 Å². The van der Waals surface area contributed by atoms with Gasteiger partial charge in [0.05, 0.1) is 0 Å². The van der Waals surface area contributed by atoms with Gasteiger partial charge in [0.25, 0.3) is 5.91 Å². The molecule has 0 aromatic heterocycles. The number of rotatable bonds is 6. The van der Waals surface area contributed by atoms with Crippen molar-refractivity contribution in [2.24, 2.45) is 5.92 Å². The van der Waals surface area contributed by atoms with Crippen LogP contribution in [0.15, 0.2) is 18.2 Å². The molecular formula is C20H29NO4. The molecule has 1 fully saturated rings. The van der Waals surface area contributed by atoms with Gasteiger partial charge in [0.2, 0.25) is 0 Å². The molecule has 0 heterocycles. The first kappa shape index (κ1) is 19.3. The Hall–Kier alpha value is -2.04. The Morgan fingerprint density at radius 3 is 2.60 bits per heavy atom. The Morgan fingerprint density at radius 1 is 1.20 bits per heavy atom. The lowest BCUT2D eigenvalue weighted by atomic mass is 9.86. The summed E-state index contributed by atoms with van der Waals surface area (Å²) in [4.78, 5) is 24.1. The molecule has 0 aliphatic heterocycles. The van der Waals surface area contributed by atoms with Crippen LogP contribution >= 0.6 is 0 Å². The van der Waals surface area contributed by atoms with Gasteiger partial charge < -0.3 is 14.8 Å². The zero-order valence-corrected chi connectivity index (χ0v) is 15.6. The quantitative estimate of drug-likeness (QED) is 0.802. The lowest BCUT2D eigenvalue weighted by Crippen LogP contribution is -2.46. The summed E-state index contributed by atoms with van der Waals surface area (Å²) in [5.74, 6) is 0.303. The van der Waals surface area contributed by atoms with Crippen molar-refractivity contribution in [2.75, 3.05) is 6.61 Å². The Morgan fingerprint density at radius 2 is 1.92 bits per heavy atom. The highest BCUT2D eigenvalue weighted by Crippen LogP contribution is 2.23. The lowest BCUT2D eigenvalue weighted by molar-refractivity contribution is -0.157. The van der Waals surface area contributed by atoms with Crippen LogP contribution in [0, 0.1) is 19.8 Å². The van der Waals surface area contributed by atoms with E-state index in [1.54, 1.807) is 6.92 Å². The summed E-state index contributed by atoms with van der Waals surface area (Å²) in [5, 5.41) is 3.00. The van der Waals surface area contributed by atoms with Crippen LogP contribution in [0.2, 0.25) is 0 Å². The van der Waals surface area contributed by atoms with Crippen LogP contribution in [0.4, 0.5) is 0 Å². The molecule has 25 heavy (non-hydrogen) atoms. The van der Waals surface area contributed by atoms with Gasteiger partial charge in [-0.05, 0) is 62.8 Å². The third-order valence-corrected chi connectivity index (χ3v) is 4.95. The first-order valence-corrected chi connectivity index (χ1v) is 9.06. The predicted molar refractivity (Wildman–Crippen MR) is 96.5 cm³/mol. The van der Waals surface area contributed by atoms with Crippen molar-refractivity contribution >= 4 is 11.9 Å². The van der Waals surface area contributed by atoms with Crippen LogP contribution < -0.4 is 10.1 Å².